The molecule has 3 rings (SSSR count). The van der Waals surface area contributed by atoms with Crippen molar-refractivity contribution in [3.05, 3.63) is 34.9 Å². The highest BCUT2D eigenvalue weighted by Crippen LogP contribution is 2.53. The third-order valence-corrected chi connectivity index (χ3v) is 5.17. The van der Waals surface area contributed by atoms with Crippen molar-refractivity contribution >= 4 is 6.29 Å². The maximum Gasteiger partial charge on any atom is 0.120 e. The lowest BCUT2D eigenvalue weighted by Crippen LogP contribution is -2.34. The van der Waals surface area contributed by atoms with Crippen LogP contribution in [0.25, 0.3) is 0 Å². The molecule has 0 saturated heterocycles. The lowest BCUT2D eigenvalue weighted by molar-refractivity contribution is -0.109. The number of rotatable bonds is 2. The van der Waals surface area contributed by atoms with Crippen LogP contribution in [0.5, 0.6) is 0 Å². The van der Waals surface area contributed by atoms with E-state index in [0.29, 0.717) is 11.3 Å². The summed E-state index contributed by atoms with van der Waals surface area (Å²) in [6.45, 7) is 2.17. The summed E-state index contributed by atoms with van der Waals surface area (Å²) < 4.78 is 0. The highest BCUT2D eigenvalue weighted by atomic mass is 16.1. The molecule has 0 aromatic heterocycles. The van der Waals surface area contributed by atoms with Gasteiger partial charge in [0.15, 0.2) is 0 Å². The fourth-order valence-corrected chi connectivity index (χ4v) is 4.34. The molecule has 1 unspecified atom stereocenters. The summed E-state index contributed by atoms with van der Waals surface area (Å²) in [5.41, 5.74) is 4.78. The van der Waals surface area contributed by atoms with Crippen LogP contribution in [0, 0.1) is 12.8 Å². The third-order valence-electron chi connectivity index (χ3n) is 5.17. The lowest BCUT2D eigenvalue weighted by Gasteiger charge is -2.39. The van der Waals surface area contributed by atoms with Gasteiger partial charge in [0.1, 0.15) is 6.29 Å². The molecule has 0 aliphatic heterocycles. The zero-order valence-electron chi connectivity index (χ0n) is 11.2. The minimum absolute atomic E-state index is 0.336. The molecule has 1 heteroatoms. The molecule has 1 spiro atoms. The second-order valence-electron chi connectivity index (χ2n) is 6.18. The maximum atomic E-state index is 11.0. The predicted octanol–water partition coefficient (Wildman–Crippen LogP) is 3.96. The Morgan fingerprint density at radius 1 is 1.28 bits per heavy atom. The minimum Gasteiger partial charge on any atom is -0.303 e. The normalized spacial score (nSPS) is 25.1. The van der Waals surface area contributed by atoms with Crippen molar-refractivity contribution in [3.8, 4) is 0 Å². The second-order valence-corrected chi connectivity index (χ2v) is 6.18. The molecule has 1 atom stereocenters. The Balaban J connectivity index is 2.04. The fourth-order valence-electron chi connectivity index (χ4n) is 4.34. The molecule has 2 aliphatic carbocycles. The van der Waals surface area contributed by atoms with E-state index in [0.717, 1.165) is 19.1 Å². The minimum atomic E-state index is 0.336. The van der Waals surface area contributed by atoms with E-state index in [1.54, 1.807) is 5.56 Å². The largest absolute Gasteiger partial charge is 0.303 e. The van der Waals surface area contributed by atoms with Crippen molar-refractivity contribution in [1.82, 2.24) is 0 Å². The summed E-state index contributed by atoms with van der Waals surface area (Å²) in [5.74, 6) is 0.562. The summed E-state index contributed by atoms with van der Waals surface area (Å²) in [5, 5.41) is 0. The number of fused-ring (bicyclic) bond motifs is 2. The van der Waals surface area contributed by atoms with Gasteiger partial charge >= 0.3 is 0 Å². The molecule has 0 heterocycles. The summed E-state index contributed by atoms with van der Waals surface area (Å²) in [6.07, 6.45) is 9.63. The average Bonchev–Trinajstić information content (AvgIpc) is 2.65. The Morgan fingerprint density at radius 2 is 2.06 bits per heavy atom. The first-order chi connectivity index (χ1) is 8.76. The SMILES string of the molecule is Cc1ccc2c(c1)CC(CC=O)C21CCCCC1. The van der Waals surface area contributed by atoms with Crippen molar-refractivity contribution in [2.45, 2.75) is 57.3 Å². The molecule has 1 saturated carbocycles. The topological polar surface area (TPSA) is 17.1 Å². The second kappa shape index (κ2) is 4.53. The van der Waals surface area contributed by atoms with Crippen molar-refractivity contribution in [2.24, 2.45) is 5.92 Å². The predicted molar refractivity (Wildman–Crippen MR) is 73.8 cm³/mol. The molecule has 0 amide bonds. The summed E-state index contributed by atoms with van der Waals surface area (Å²) in [7, 11) is 0. The molecule has 96 valence electrons. The summed E-state index contributed by atoms with van der Waals surface area (Å²) in [4.78, 5) is 11.0. The van der Waals surface area contributed by atoms with Crippen LogP contribution in [-0.4, -0.2) is 6.29 Å². The molecule has 0 radical (unpaired) electrons. The van der Waals surface area contributed by atoms with E-state index >= 15 is 0 Å². The van der Waals surface area contributed by atoms with Crippen LogP contribution in [-0.2, 0) is 16.6 Å². The molecule has 1 fully saturated rings. The fraction of sp³-hybridized carbons (Fsp3) is 0.588. The number of carbonyl (C=O) groups is 1. The zero-order valence-corrected chi connectivity index (χ0v) is 11.2. The standard InChI is InChI=1S/C17H22O/c1-13-5-6-16-14(11-13)12-15(7-10-18)17(16)8-3-2-4-9-17/h5-6,10-11,15H,2-4,7-9,12H2,1H3. The van der Waals surface area contributed by atoms with Gasteiger partial charge in [0.05, 0.1) is 0 Å². The Hall–Kier alpha value is -1.11. The third kappa shape index (κ3) is 1.72. The van der Waals surface area contributed by atoms with Crippen LogP contribution >= 0.6 is 0 Å². The Kier molecular flexibility index (Phi) is 3.01. The van der Waals surface area contributed by atoms with E-state index < -0.39 is 0 Å². The lowest BCUT2D eigenvalue weighted by atomic mass is 9.64. The van der Waals surface area contributed by atoms with Gasteiger partial charge in [0, 0.05) is 6.42 Å². The van der Waals surface area contributed by atoms with Crippen molar-refractivity contribution < 1.29 is 4.79 Å². The smallest absolute Gasteiger partial charge is 0.120 e. The number of aryl methyl sites for hydroxylation is 1. The van der Waals surface area contributed by atoms with Gasteiger partial charge in [0.2, 0.25) is 0 Å². The molecule has 1 nitrogen and oxygen atoms in total. The molecule has 0 bridgehead atoms. The van der Waals surface area contributed by atoms with Gasteiger partial charge < -0.3 is 4.79 Å². The summed E-state index contributed by atoms with van der Waals surface area (Å²) in [6, 6.07) is 6.94. The molecular weight excluding hydrogens is 220 g/mol. The molecule has 1 aromatic carbocycles. The summed E-state index contributed by atoms with van der Waals surface area (Å²) >= 11 is 0. The first-order valence-electron chi connectivity index (χ1n) is 7.30. The Morgan fingerprint density at radius 3 is 2.78 bits per heavy atom. The van der Waals surface area contributed by atoms with Gasteiger partial charge in [-0.3, -0.25) is 0 Å². The number of hydrogen-bond acceptors (Lipinski definition) is 1. The van der Waals surface area contributed by atoms with Crippen LogP contribution in [0.15, 0.2) is 18.2 Å². The first-order valence-corrected chi connectivity index (χ1v) is 7.30. The number of aldehydes is 1. The van der Waals surface area contributed by atoms with Crippen LogP contribution in [0.3, 0.4) is 0 Å². The van der Waals surface area contributed by atoms with Crippen LogP contribution in [0.2, 0.25) is 0 Å². The van der Waals surface area contributed by atoms with E-state index in [9.17, 15) is 4.79 Å². The van der Waals surface area contributed by atoms with E-state index in [1.807, 2.05) is 0 Å². The van der Waals surface area contributed by atoms with Gasteiger partial charge in [-0.2, -0.15) is 0 Å². The Labute approximate surface area is 110 Å². The number of hydrogen-bond donors (Lipinski definition) is 0. The first kappa shape index (κ1) is 12.0. The highest BCUT2D eigenvalue weighted by Gasteiger charge is 2.46. The van der Waals surface area contributed by atoms with Crippen LogP contribution in [0.4, 0.5) is 0 Å². The van der Waals surface area contributed by atoms with Crippen molar-refractivity contribution in [1.29, 1.82) is 0 Å². The maximum absolute atomic E-state index is 11.0. The van der Waals surface area contributed by atoms with E-state index in [1.165, 1.54) is 43.2 Å². The monoisotopic (exact) mass is 242 g/mol. The van der Waals surface area contributed by atoms with E-state index in [4.69, 9.17) is 0 Å². The van der Waals surface area contributed by atoms with Crippen molar-refractivity contribution in [3.63, 3.8) is 0 Å². The van der Waals surface area contributed by atoms with Gasteiger partial charge in [-0.05, 0) is 48.6 Å². The van der Waals surface area contributed by atoms with E-state index in [2.05, 4.69) is 25.1 Å². The quantitative estimate of drug-likeness (QED) is 0.717. The molecular formula is C17H22O. The van der Waals surface area contributed by atoms with Crippen LogP contribution in [0.1, 0.15) is 55.2 Å². The van der Waals surface area contributed by atoms with Gasteiger partial charge in [-0.15, -0.1) is 0 Å². The van der Waals surface area contributed by atoms with Crippen LogP contribution < -0.4 is 0 Å². The van der Waals surface area contributed by atoms with Gasteiger partial charge in [-0.1, -0.05) is 43.0 Å². The number of carbonyl (C=O) groups excluding carboxylic acids is 1. The van der Waals surface area contributed by atoms with Crippen molar-refractivity contribution in [2.75, 3.05) is 0 Å². The molecule has 1 aromatic rings. The average molecular weight is 242 g/mol. The highest BCUT2D eigenvalue weighted by molar-refractivity contribution is 5.53. The zero-order chi connectivity index (χ0) is 12.6. The van der Waals surface area contributed by atoms with Gasteiger partial charge in [0.25, 0.3) is 0 Å². The Bertz CT molecular complexity index is 455. The molecule has 18 heavy (non-hydrogen) atoms. The van der Waals surface area contributed by atoms with Gasteiger partial charge in [-0.25, -0.2) is 0 Å². The number of benzene rings is 1. The molecule has 0 N–H and O–H groups in total. The van der Waals surface area contributed by atoms with E-state index in [-0.39, 0.29) is 0 Å². The molecule has 2 aliphatic rings.